The maximum Gasteiger partial charge on any atom is 0.123 e. The highest BCUT2D eigenvalue weighted by Gasteiger charge is 2.18. The average molecular weight is 319 g/mol. The standard InChI is InChI=1S/C19H21N5/c1-2-16(21-5-1)17-9-15-8-13(3-4-14(15)10-22-17)18-11-23-19-12-20-6-7-24(18)19/h3-4,8-11,16,20-21H,1-2,5-7,12H2. The third-order valence-electron chi connectivity index (χ3n) is 5.19. The molecule has 1 saturated heterocycles. The van der Waals surface area contributed by atoms with Crippen molar-refractivity contribution in [2.75, 3.05) is 13.1 Å². The second kappa shape index (κ2) is 5.69. The Bertz CT molecular complexity index is 892. The van der Waals surface area contributed by atoms with Gasteiger partial charge in [0.25, 0.3) is 0 Å². The van der Waals surface area contributed by atoms with Crippen LogP contribution < -0.4 is 10.6 Å². The molecule has 24 heavy (non-hydrogen) atoms. The van der Waals surface area contributed by atoms with Gasteiger partial charge in [-0.15, -0.1) is 0 Å². The van der Waals surface area contributed by atoms with E-state index >= 15 is 0 Å². The van der Waals surface area contributed by atoms with Gasteiger partial charge in [0.15, 0.2) is 0 Å². The molecular formula is C19H21N5. The molecule has 5 rings (SSSR count). The Morgan fingerprint density at radius 2 is 2.04 bits per heavy atom. The minimum Gasteiger partial charge on any atom is -0.326 e. The summed E-state index contributed by atoms with van der Waals surface area (Å²) >= 11 is 0. The summed E-state index contributed by atoms with van der Waals surface area (Å²) in [6.45, 7) is 3.94. The highest BCUT2D eigenvalue weighted by Crippen LogP contribution is 2.28. The van der Waals surface area contributed by atoms with E-state index in [0.717, 1.165) is 37.7 Å². The number of hydrogen-bond acceptors (Lipinski definition) is 4. The number of nitrogens with one attached hydrogen (secondary N) is 2. The molecule has 3 aromatic rings. The van der Waals surface area contributed by atoms with E-state index in [-0.39, 0.29) is 0 Å². The van der Waals surface area contributed by atoms with E-state index < -0.39 is 0 Å². The van der Waals surface area contributed by atoms with E-state index in [1.54, 1.807) is 0 Å². The summed E-state index contributed by atoms with van der Waals surface area (Å²) in [7, 11) is 0. The lowest BCUT2D eigenvalue weighted by Gasteiger charge is -2.18. The summed E-state index contributed by atoms with van der Waals surface area (Å²) in [4.78, 5) is 9.24. The van der Waals surface area contributed by atoms with Crippen LogP contribution in [-0.4, -0.2) is 27.6 Å². The van der Waals surface area contributed by atoms with Crippen LogP contribution in [0, 0.1) is 0 Å². The smallest absolute Gasteiger partial charge is 0.123 e. The van der Waals surface area contributed by atoms with Crippen LogP contribution in [0.1, 0.15) is 30.4 Å². The lowest BCUT2D eigenvalue weighted by Crippen LogP contribution is -2.28. The molecule has 5 nitrogen and oxygen atoms in total. The normalized spacial score (nSPS) is 20.4. The van der Waals surface area contributed by atoms with Gasteiger partial charge in [0.05, 0.1) is 24.1 Å². The Hall–Kier alpha value is -2.24. The SMILES string of the molecule is c1cc2cnc(C3CCCN3)cc2cc1-c1cnc2n1CCNC2. The van der Waals surface area contributed by atoms with Crippen LogP contribution in [0.4, 0.5) is 0 Å². The monoisotopic (exact) mass is 319 g/mol. The molecule has 2 aromatic heterocycles. The minimum atomic E-state index is 0.409. The first kappa shape index (κ1) is 14.1. The zero-order chi connectivity index (χ0) is 15.9. The molecule has 0 aliphatic carbocycles. The number of rotatable bonds is 2. The van der Waals surface area contributed by atoms with Gasteiger partial charge in [-0.05, 0) is 36.9 Å². The Morgan fingerprint density at radius 1 is 1.04 bits per heavy atom. The van der Waals surface area contributed by atoms with Gasteiger partial charge in [0, 0.05) is 36.3 Å². The van der Waals surface area contributed by atoms with Gasteiger partial charge in [-0.25, -0.2) is 4.98 Å². The van der Waals surface area contributed by atoms with Crippen LogP contribution >= 0.6 is 0 Å². The summed E-state index contributed by atoms with van der Waals surface area (Å²) < 4.78 is 2.33. The number of imidazole rings is 1. The molecule has 1 unspecified atom stereocenters. The van der Waals surface area contributed by atoms with Gasteiger partial charge in [-0.2, -0.15) is 0 Å². The number of benzene rings is 1. The van der Waals surface area contributed by atoms with Crippen LogP contribution in [0.2, 0.25) is 0 Å². The summed E-state index contributed by atoms with van der Waals surface area (Å²) in [5.41, 5.74) is 3.61. The van der Waals surface area contributed by atoms with E-state index in [1.807, 2.05) is 12.4 Å². The van der Waals surface area contributed by atoms with Crippen LogP contribution in [0.15, 0.2) is 36.7 Å². The van der Waals surface area contributed by atoms with Crippen molar-refractivity contribution in [1.29, 1.82) is 0 Å². The maximum absolute atomic E-state index is 4.66. The van der Waals surface area contributed by atoms with Crippen molar-refractivity contribution in [3.05, 3.63) is 48.2 Å². The number of nitrogens with zero attached hydrogens (tertiary/aromatic N) is 3. The quantitative estimate of drug-likeness (QED) is 0.762. The van der Waals surface area contributed by atoms with Crippen LogP contribution in [0.25, 0.3) is 22.0 Å². The average Bonchev–Trinajstić information content (AvgIpc) is 3.30. The maximum atomic E-state index is 4.66. The van der Waals surface area contributed by atoms with Gasteiger partial charge in [0.1, 0.15) is 5.82 Å². The fourth-order valence-electron chi connectivity index (χ4n) is 3.87. The highest BCUT2D eigenvalue weighted by molar-refractivity contribution is 5.86. The molecule has 1 fully saturated rings. The van der Waals surface area contributed by atoms with Crippen molar-refractivity contribution < 1.29 is 0 Å². The molecule has 4 heterocycles. The first-order chi connectivity index (χ1) is 11.9. The van der Waals surface area contributed by atoms with Crippen molar-refractivity contribution in [2.24, 2.45) is 0 Å². The Morgan fingerprint density at radius 3 is 2.96 bits per heavy atom. The summed E-state index contributed by atoms with van der Waals surface area (Å²) in [6, 6.07) is 9.29. The molecule has 0 spiro atoms. The van der Waals surface area contributed by atoms with Gasteiger partial charge in [-0.3, -0.25) is 4.98 Å². The Kier molecular flexibility index (Phi) is 3.35. The molecule has 2 N–H and O–H groups in total. The molecule has 122 valence electrons. The predicted octanol–water partition coefficient (Wildman–Crippen LogP) is 2.63. The topological polar surface area (TPSA) is 54.8 Å². The van der Waals surface area contributed by atoms with E-state index in [0.29, 0.717) is 6.04 Å². The second-order valence-corrected chi connectivity index (χ2v) is 6.71. The number of hydrogen-bond donors (Lipinski definition) is 2. The zero-order valence-electron chi connectivity index (χ0n) is 13.6. The lowest BCUT2D eigenvalue weighted by atomic mass is 10.0. The van der Waals surface area contributed by atoms with Gasteiger partial charge < -0.3 is 15.2 Å². The fraction of sp³-hybridized carbons (Fsp3) is 0.368. The number of pyridine rings is 1. The first-order valence-corrected chi connectivity index (χ1v) is 8.77. The van der Waals surface area contributed by atoms with E-state index in [1.165, 1.54) is 34.9 Å². The first-order valence-electron chi connectivity index (χ1n) is 8.77. The molecule has 0 radical (unpaired) electrons. The number of fused-ring (bicyclic) bond motifs is 2. The van der Waals surface area contributed by atoms with Gasteiger partial charge in [-0.1, -0.05) is 12.1 Å². The van der Waals surface area contributed by atoms with E-state index in [9.17, 15) is 0 Å². The third kappa shape index (κ3) is 2.32. The fourth-order valence-corrected chi connectivity index (χ4v) is 3.87. The van der Waals surface area contributed by atoms with Crippen molar-refractivity contribution in [3.8, 4) is 11.3 Å². The molecule has 5 heteroatoms. The summed E-state index contributed by atoms with van der Waals surface area (Å²) in [5.74, 6) is 1.13. The predicted molar refractivity (Wildman–Crippen MR) is 94.6 cm³/mol. The van der Waals surface area contributed by atoms with Crippen molar-refractivity contribution in [1.82, 2.24) is 25.2 Å². The van der Waals surface area contributed by atoms with Gasteiger partial charge in [0.2, 0.25) is 0 Å². The van der Waals surface area contributed by atoms with Crippen LogP contribution in [0.5, 0.6) is 0 Å². The second-order valence-electron chi connectivity index (χ2n) is 6.71. The molecule has 1 atom stereocenters. The number of aromatic nitrogens is 3. The molecule has 0 amide bonds. The summed E-state index contributed by atoms with van der Waals surface area (Å²) in [5, 5.41) is 9.37. The molecule has 2 aliphatic heterocycles. The Labute approximate surface area is 141 Å². The van der Waals surface area contributed by atoms with Crippen LogP contribution in [0.3, 0.4) is 0 Å². The van der Waals surface area contributed by atoms with Gasteiger partial charge >= 0.3 is 0 Å². The summed E-state index contributed by atoms with van der Waals surface area (Å²) in [6.07, 6.45) is 6.43. The molecule has 1 aromatic carbocycles. The minimum absolute atomic E-state index is 0.409. The molecule has 0 bridgehead atoms. The van der Waals surface area contributed by atoms with Crippen molar-refractivity contribution in [3.63, 3.8) is 0 Å². The van der Waals surface area contributed by atoms with Crippen molar-refractivity contribution in [2.45, 2.75) is 32.0 Å². The van der Waals surface area contributed by atoms with Crippen LogP contribution in [-0.2, 0) is 13.1 Å². The molecule has 0 saturated carbocycles. The van der Waals surface area contributed by atoms with E-state index in [4.69, 9.17) is 0 Å². The largest absolute Gasteiger partial charge is 0.326 e. The van der Waals surface area contributed by atoms with Crippen molar-refractivity contribution >= 4 is 10.8 Å². The lowest BCUT2D eigenvalue weighted by molar-refractivity contribution is 0.508. The van der Waals surface area contributed by atoms with E-state index in [2.05, 4.69) is 49.4 Å². The molecule has 2 aliphatic rings. The Balaban J connectivity index is 1.58. The third-order valence-corrected chi connectivity index (χ3v) is 5.19. The molecular weight excluding hydrogens is 298 g/mol. The highest BCUT2D eigenvalue weighted by atomic mass is 15.2. The zero-order valence-corrected chi connectivity index (χ0v) is 13.6.